The standard InChI is InChI=1S/C9H14N2/c1-7-4-3-5-8(6-7)9(2,10)11/h3-6H,10-11H2,1-2H3. The molecule has 0 fully saturated rings. The zero-order valence-corrected chi connectivity index (χ0v) is 6.96. The van der Waals surface area contributed by atoms with Gasteiger partial charge in [-0.1, -0.05) is 29.8 Å². The van der Waals surface area contributed by atoms with Crippen molar-refractivity contribution in [2.45, 2.75) is 19.5 Å². The van der Waals surface area contributed by atoms with E-state index < -0.39 is 5.66 Å². The molecule has 1 rings (SSSR count). The van der Waals surface area contributed by atoms with Crippen molar-refractivity contribution in [2.24, 2.45) is 11.5 Å². The van der Waals surface area contributed by atoms with Crippen molar-refractivity contribution >= 4 is 0 Å². The van der Waals surface area contributed by atoms with Gasteiger partial charge in [0.05, 0.1) is 5.66 Å². The van der Waals surface area contributed by atoms with Gasteiger partial charge in [-0.25, -0.2) is 0 Å². The molecule has 1 aromatic carbocycles. The van der Waals surface area contributed by atoms with Crippen LogP contribution in [0.15, 0.2) is 24.3 Å². The monoisotopic (exact) mass is 150 g/mol. The lowest BCUT2D eigenvalue weighted by Crippen LogP contribution is -2.42. The van der Waals surface area contributed by atoms with Crippen molar-refractivity contribution in [3.63, 3.8) is 0 Å². The molecule has 0 heterocycles. The van der Waals surface area contributed by atoms with E-state index in [0.29, 0.717) is 0 Å². The second-order valence-electron chi connectivity index (χ2n) is 3.15. The van der Waals surface area contributed by atoms with E-state index in [1.54, 1.807) is 6.92 Å². The first kappa shape index (κ1) is 8.24. The maximum absolute atomic E-state index is 5.70. The van der Waals surface area contributed by atoms with E-state index in [0.717, 1.165) is 5.56 Å². The Morgan fingerprint density at radius 1 is 1.27 bits per heavy atom. The number of hydrogen-bond acceptors (Lipinski definition) is 2. The average molecular weight is 150 g/mol. The van der Waals surface area contributed by atoms with Gasteiger partial charge in [-0.15, -0.1) is 0 Å². The molecule has 11 heavy (non-hydrogen) atoms. The van der Waals surface area contributed by atoms with Crippen molar-refractivity contribution in [3.8, 4) is 0 Å². The van der Waals surface area contributed by atoms with Gasteiger partial charge >= 0.3 is 0 Å². The summed E-state index contributed by atoms with van der Waals surface area (Å²) in [4.78, 5) is 0. The Labute approximate surface area is 67.2 Å². The van der Waals surface area contributed by atoms with Crippen molar-refractivity contribution in [2.75, 3.05) is 0 Å². The molecule has 4 N–H and O–H groups in total. The first-order chi connectivity index (χ1) is 5.00. The van der Waals surface area contributed by atoms with Crippen molar-refractivity contribution in [1.82, 2.24) is 0 Å². The first-order valence-electron chi connectivity index (χ1n) is 3.65. The third-order valence-electron chi connectivity index (χ3n) is 1.64. The lowest BCUT2D eigenvalue weighted by Gasteiger charge is -2.19. The van der Waals surface area contributed by atoms with Gasteiger partial charge in [0.25, 0.3) is 0 Å². The molecule has 0 aliphatic carbocycles. The summed E-state index contributed by atoms with van der Waals surface area (Å²) in [5, 5.41) is 0. The van der Waals surface area contributed by atoms with Crippen LogP contribution in [0.1, 0.15) is 18.1 Å². The van der Waals surface area contributed by atoms with E-state index in [1.165, 1.54) is 5.56 Å². The summed E-state index contributed by atoms with van der Waals surface area (Å²) in [5.41, 5.74) is 12.8. The maximum Gasteiger partial charge on any atom is 0.0870 e. The van der Waals surface area contributed by atoms with Gasteiger partial charge in [0.15, 0.2) is 0 Å². The minimum absolute atomic E-state index is 0.716. The molecule has 0 saturated heterocycles. The second kappa shape index (κ2) is 2.64. The molecule has 2 nitrogen and oxygen atoms in total. The predicted octanol–water partition coefficient (Wildman–Crippen LogP) is 1.09. The fourth-order valence-electron chi connectivity index (χ4n) is 0.980. The number of rotatable bonds is 1. The highest BCUT2D eigenvalue weighted by Gasteiger charge is 2.13. The molecule has 2 heteroatoms. The topological polar surface area (TPSA) is 52.0 Å². The van der Waals surface area contributed by atoms with Crippen LogP contribution in [0.4, 0.5) is 0 Å². The van der Waals surface area contributed by atoms with Crippen molar-refractivity contribution in [3.05, 3.63) is 35.4 Å². The Balaban J connectivity index is 3.06. The quantitative estimate of drug-likeness (QED) is 0.589. The summed E-state index contributed by atoms with van der Waals surface area (Å²) in [6.07, 6.45) is 0. The predicted molar refractivity (Wildman–Crippen MR) is 46.9 cm³/mol. The molecule has 0 aliphatic heterocycles. The van der Waals surface area contributed by atoms with E-state index in [9.17, 15) is 0 Å². The molecular weight excluding hydrogens is 136 g/mol. The molecular formula is C9H14N2. The Kier molecular flexibility index (Phi) is 1.98. The summed E-state index contributed by atoms with van der Waals surface area (Å²) in [7, 11) is 0. The van der Waals surface area contributed by atoms with Crippen LogP contribution in [0.3, 0.4) is 0 Å². The zero-order chi connectivity index (χ0) is 8.48. The second-order valence-corrected chi connectivity index (χ2v) is 3.15. The average Bonchev–Trinajstić information content (AvgIpc) is 1.86. The van der Waals surface area contributed by atoms with Gasteiger partial charge in [-0.05, 0) is 19.4 Å². The normalized spacial score (nSPS) is 11.6. The number of aryl methyl sites for hydroxylation is 1. The molecule has 0 radical (unpaired) electrons. The van der Waals surface area contributed by atoms with Gasteiger partial charge in [-0.3, -0.25) is 0 Å². The van der Waals surface area contributed by atoms with Crippen LogP contribution in [-0.4, -0.2) is 0 Å². The molecule has 0 atom stereocenters. The lowest BCUT2D eigenvalue weighted by atomic mass is 10.0. The molecule has 0 unspecified atom stereocenters. The Morgan fingerprint density at radius 3 is 2.27 bits per heavy atom. The van der Waals surface area contributed by atoms with E-state index in [1.807, 2.05) is 31.2 Å². The Bertz CT molecular complexity index is 248. The third kappa shape index (κ3) is 2.03. The molecule has 60 valence electrons. The number of benzene rings is 1. The van der Waals surface area contributed by atoms with Gasteiger partial charge in [0, 0.05) is 0 Å². The summed E-state index contributed by atoms with van der Waals surface area (Å²) >= 11 is 0. The molecule has 1 aromatic rings. The Hall–Kier alpha value is -0.860. The largest absolute Gasteiger partial charge is 0.310 e. The molecule has 0 saturated carbocycles. The molecule has 0 aliphatic rings. The van der Waals surface area contributed by atoms with Crippen LogP contribution in [0.2, 0.25) is 0 Å². The molecule has 0 spiro atoms. The minimum atomic E-state index is -0.716. The van der Waals surface area contributed by atoms with Gasteiger partial charge < -0.3 is 11.5 Å². The van der Waals surface area contributed by atoms with E-state index in [2.05, 4.69) is 0 Å². The number of hydrogen-bond donors (Lipinski definition) is 2. The number of nitrogens with two attached hydrogens (primary N) is 2. The van der Waals surface area contributed by atoms with Crippen molar-refractivity contribution < 1.29 is 0 Å². The van der Waals surface area contributed by atoms with Crippen LogP contribution in [-0.2, 0) is 5.66 Å². The summed E-state index contributed by atoms with van der Waals surface area (Å²) in [6.45, 7) is 3.82. The highest BCUT2D eigenvalue weighted by Crippen LogP contribution is 2.12. The molecule has 0 amide bonds. The van der Waals surface area contributed by atoms with Gasteiger partial charge in [-0.2, -0.15) is 0 Å². The Morgan fingerprint density at radius 2 is 1.91 bits per heavy atom. The van der Waals surface area contributed by atoms with Crippen molar-refractivity contribution in [1.29, 1.82) is 0 Å². The van der Waals surface area contributed by atoms with Gasteiger partial charge in [0.2, 0.25) is 0 Å². The van der Waals surface area contributed by atoms with Crippen LogP contribution in [0.25, 0.3) is 0 Å². The molecule has 0 bridgehead atoms. The van der Waals surface area contributed by atoms with Crippen LogP contribution in [0.5, 0.6) is 0 Å². The minimum Gasteiger partial charge on any atom is -0.310 e. The first-order valence-corrected chi connectivity index (χ1v) is 3.65. The third-order valence-corrected chi connectivity index (χ3v) is 1.64. The van der Waals surface area contributed by atoms with Crippen LogP contribution < -0.4 is 11.5 Å². The summed E-state index contributed by atoms with van der Waals surface area (Å²) in [6, 6.07) is 7.92. The summed E-state index contributed by atoms with van der Waals surface area (Å²) in [5.74, 6) is 0. The smallest absolute Gasteiger partial charge is 0.0870 e. The maximum atomic E-state index is 5.70. The van der Waals surface area contributed by atoms with Crippen LogP contribution in [0, 0.1) is 6.92 Å². The highest BCUT2D eigenvalue weighted by molar-refractivity contribution is 5.26. The SMILES string of the molecule is Cc1cccc(C(C)(N)N)c1. The lowest BCUT2D eigenvalue weighted by molar-refractivity contribution is 0.520. The highest BCUT2D eigenvalue weighted by atomic mass is 14.9. The van der Waals surface area contributed by atoms with E-state index in [-0.39, 0.29) is 0 Å². The van der Waals surface area contributed by atoms with E-state index in [4.69, 9.17) is 11.5 Å². The van der Waals surface area contributed by atoms with Gasteiger partial charge in [0.1, 0.15) is 0 Å². The zero-order valence-electron chi connectivity index (χ0n) is 6.96. The van der Waals surface area contributed by atoms with E-state index >= 15 is 0 Å². The summed E-state index contributed by atoms with van der Waals surface area (Å²) < 4.78 is 0. The fraction of sp³-hybridized carbons (Fsp3) is 0.333. The van der Waals surface area contributed by atoms with Crippen LogP contribution >= 0.6 is 0 Å². The molecule has 0 aromatic heterocycles. The fourth-order valence-corrected chi connectivity index (χ4v) is 0.980.